The minimum absolute atomic E-state index is 0.221. The minimum atomic E-state index is -0.443. The van der Waals surface area contributed by atoms with E-state index in [0.29, 0.717) is 17.3 Å². The van der Waals surface area contributed by atoms with Gasteiger partial charge in [-0.2, -0.15) is 15.0 Å². The Kier molecular flexibility index (Phi) is 5.49. The monoisotopic (exact) mass is 413 g/mol. The van der Waals surface area contributed by atoms with Crippen LogP contribution in [0.4, 0.5) is 5.82 Å². The van der Waals surface area contributed by atoms with Gasteiger partial charge in [0.25, 0.3) is 5.91 Å². The summed E-state index contributed by atoms with van der Waals surface area (Å²) in [6.45, 7) is 1.71. The Hall–Kier alpha value is -4.38. The third-order valence-electron chi connectivity index (χ3n) is 4.70. The van der Waals surface area contributed by atoms with Crippen molar-refractivity contribution in [3.63, 3.8) is 0 Å². The van der Waals surface area contributed by atoms with Crippen LogP contribution in [0.25, 0.3) is 16.7 Å². The number of amides is 1. The summed E-state index contributed by atoms with van der Waals surface area (Å²) in [6.07, 6.45) is 1.39. The van der Waals surface area contributed by atoms with Gasteiger partial charge in [0.1, 0.15) is 11.6 Å². The molecule has 0 saturated heterocycles. The highest BCUT2D eigenvalue weighted by Gasteiger charge is 2.17. The second-order valence-electron chi connectivity index (χ2n) is 6.73. The number of methoxy groups -OCH3 is 1. The fraction of sp³-hybridized carbons (Fsp3) is 0.130. The number of pyridine rings is 1. The number of benzene rings is 2. The van der Waals surface area contributed by atoms with Crippen molar-refractivity contribution >= 4 is 22.6 Å². The first-order chi connectivity index (χ1) is 15.1. The molecule has 2 heterocycles. The lowest BCUT2D eigenvalue weighted by molar-refractivity contribution is -0.118. The first kappa shape index (κ1) is 19.9. The standard InChI is InChI=1S/C23H19N5O3/c1-15-11-21(26-18-8-4-3-7-17(15)18)28-23(16(12-24)13-25-28)27-22(29)14-31-20-10-6-5-9-19(20)30-2/h3-11,13H,14H2,1-2H3,(H,27,29). The maximum atomic E-state index is 12.6. The maximum Gasteiger partial charge on any atom is 0.263 e. The first-order valence-corrected chi connectivity index (χ1v) is 9.51. The largest absolute Gasteiger partial charge is 0.493 e. The Balaban J connectivity index is 1.60. The predicted molar refractivity (Wildman–Crippen MR) is 115 cm³/mol. The van der Waals surface area contributed by atoms with Gasteiger partial charge in [-0.15, -0.1) is 0 Å². The summed E-state index contributed by atoms with van der Waals surface area (Å²) in [5.41, 5.74) is 2.02. The number of nitriles is 1. The molecule has 154 valence electrons. The summed E-state index contributed by atoms with van der Waals surface area (Å²) in [4.78, 5) is 17.2. The van der Waals surface area contributed by atoms with E-state index in [1.54, 1.807) is 18.2 Å². The highest BCUT2D eigenvalue weighted by molar-refractivity contribution is 5.92. The van der Waals surface area contributed by atoms with E-state index >= 15 is 0 Å². The number of aromatic nitrogens is 3. The van der Waals surface area contributed by atoms with Gasteiger partial charge in [-0.25, -0.2) is 4.98 Å². The van der Waals surface area contributed by atoms with Crippen LogP contribution in [0, 0.1) is 18.3 Å². The molecule has 0 saturated carbocycles. The maximum absolute atomic E-state index is 12.6. The normalized spacial score (nSPS) is 10.5. The lowest BCUT2D eigenvalue weighted by atomic mass is 10.1. The van der Waals surface area contributed by atoms with Crippen molar-refractivity contribution in [2.24, 2.45) is 0 Å². The molecule has 0 unspecified atom stereocenters. The highest BCUT2D eigenvalue weighted by atomic mass is 16.5. The highest BCUT2D eigenvalue weighted by Crippen LogP contribution is 2.26. The number of nitrogens with zero attached hydrogens (tertiary/aromatic N) is 4. The average molecular weight is 413 g/mol. The molecule has 8 nitrogen and oxygen atoms in total. The SMILES string of the molecule is COc1ccccc1OCC(=O)Nc1c(C#N)cnn1-c1cc(C)c2ccccc2n1. The zero-order valence-corrected chi connectivity index (χ0v) is 17.0. The van der Waals surface area contributed by atoms with E-state index in [9.17, 15) is 10.1 Å². The molecule has 0 atom stereocenters. The molecule has 2 aromatic heterocycles. The van der Waals surface area contributed by atoms with Crippen molar-refractivity contribution < 1.29 is 14.3 Å². The second-order valence-corrected chi connectivity index (χ2v) is 6.73. The zero-order chi connectivity index (χ0) is 21.8. The number of carbonyl (C=O) groups excluding carboxylic acids is 1. The molecule has 1 amide bonds. The van der Waals surface area contributed by atoms with E-state index in [0.717, 1.165) is 16.5 Å². The van der Waals surface area contributed by atoms with Gasteiger partial charge < -0.3 is 14.8 Å². The number of ether oxygens (including phenoxy) is 2. The Morgan fingerprint density at radius 1 is 1.16 bits per heavy atom. The number of para-hydroxylation sites is 3. The van der Waals surface area contributed by atoms with Gasteiger partial charge in [-0.3, -0.25) is 4.79 Å². The van der Waals surface area contributed by atoms with Crippen molar-refractivity contribution in [1.29, 1.82) is 5.26 Å². The van der Waals surface area contributed by atoms with E-state index in [2.05, 4.69) is 15.4 Å². The fourth-order valence-corrected chi connectivity index (χ4v) is 3.21. The molecule has 8 heteroatoms. The summed E-state index contributed by atoms with van der Waals surface area (Å²) in [7, 11) is 1.53. The predicted octanol–water partition coefficient (Wildman–Crippen LogP) is 3.63. The lowest BCUT2D eigenvalue weighted by Gasteiger charge is -2.12. The second kappa shape index (κ2) is 8.55. The third kappa shape index (κ3) is 4.02. The topological polar surface area (TPSA) is 102 Å². The molecule has 31 heavy (non-hydrogen) atoms. The zero-order valence-electron chi connectivity index (χ0n) is 17.0. The van der Waals surface area contributed by atoms with E-state index in [-0.39, 0.29) is 18.0 Å². The van der Waals surface area contributed by atoms with Crippen molar-refractivity contribution in [2.75, 3.05) is 19.0 Å². The first-order valence-electron chi connectivity index (χ1n) is 9.51. The Morgan fingerprint density at radius 2 is 1.90 bits per heavy atom. The molecule has 0 aliphatic carbocycles. The van der Waals surface area contributed by atoms with Crippen LogP contribution in [-0.2, 0) is 4.79 Å². The molecule has 0 fully saturated rings. The van der Waals surface area contributed by atoms with Crippen LogP contribution < -0.4 is 14.8 Å². The van der Waals surface area contributed by atoms with Gasteiger partial charge in [0.15, 0.2) is 29.7 Å². The molecule has 0 bridgehead atoms. The van der Waals surface area contributed by atoms with Crippen molar-refractivity contribution in [2.45, 2.75) is 6.92 Å². The number of hydrogen-bond acceptors (Lipinski definition) is 6. The Morgan fingerprint density at radius 3 is 2.68 bits per heavy atom. The van der Waals surface area contributed by atoms with Crippen molar-refractivity contribution in [3.05, 3.63) is 71.9 Å². The third-order valence-corrected chi connectivity index (χ3v) is 4.70. The molecule has 4 rings (SSSR count). The number of aryl methyl sites for hydroxylation is 1. The van der Waals surface area contributed by atoms with E-state index < -0.39 is 5.91 Å². The smallest absolute Gasteiger partial charge is 0.263 e. The quantitative estimate of drug-likeness (QED) is 0.518. The van der Waals surface area contributed by atoms with Crippen LogP contribution >= 0.6 is 0 Å². The molecular weight excluding hydrogens is 394 g/mol. The summed E-state index contributed by atoms with van der Waals surface area (Å²) in [6, 6.07) is 18.7. The van der Waals surface area contributed by atoms with Crippen LogP contribution in [0.2, 0.25) is 0 Å². The summed E-state index contributed by atoms with van der Waals surface area (Å²) >= 11 is 0. The van der Waals surface area contributed by atoms with Crippen LogP contribution in [0.15, 0.2) is 60.8 Å². The molecular formula is C23H19N5O3. The van der Waals surface area contributed by atoms with Gasteiger partial charge in [0.05, 0.1) is 18.8 Å². The number of fused-ring (bicyclic) bond motifs is 1. The van der Waals surface area contributed by atoms with E-state index in [1.165, 1.54) is 18.0 Å². The molecule has 0 radical (unpaired) electrons. The van der Waals surface area contributed by atoms with Crippen molar-refractivity contribution in [1.82, 2.24) is 14.8 Å². The fourth-order valence-electron chi connectivity index (χ4n) is 3.21. The van der Waals surface area contributed by atoms with Gasteiger partial charge in [-0.1, -0.05) is 30.3 Å². The average Bonchev–Trinajstić information content (AvgIpc) is 3.20. The van der Waals surface area contributed by atoms with Gasteiger partial charge in [0.2, 0.25) is 0 Å². The summed E-state index contributed by atoms with van der Waals surface area (Å²) in [5, 5.41) is 17.5. The number of nitrogens with one attached hydrogen (secondary N) is 1. The van der Waals surface area contributed by atoms with Gasteiger partial charge >= 0.3 is 0 Å². The van der Waals surface area contributed by atoms with E-state index in [4.69, 9.17) is 9.47 Å². The van der Waals surface area contributed by atoms with Gasteiger partial charge in [0, 0.05) is 5.39 Å². The molecule has 1 N–H and O–H groups in total. The molecule has 4 aromatic rings. The number of rotatable bonds is 6. The van der Waals surface area contributed by atoms with Crippen LogP contribution in [0.5, 0.6) is 11.5 Å². The van der Waals surface area contributed by atoms with Crippen LogP contribution in [-0.4, -0.2) is 34.4 Å². The molecule has 0 spiro atoms. The van der Waals surface area contributed by atoms with E-state index in [1.807, 2.05) is 49.4 Å². The number of carbonyl (C=O) groups is 1. The molecule has 0 aliphatic rings. The lowest BCUT2D eigenvalue weighted by Crippen LogP contribution is -2.22. The molecule has 2 aromatic carbocycles. The van der Waals surface area contributed by atoms with Crippen LogP contribution in [0.1, 0.15) is 11.1 Å². The summed E-state index contributed by atoms with van der Waals surface area (Å²) in [5.74, 6) is 1.26. The van der Waals surface area contributed by atoms with Gasteiger partial charge in [-0.05, 0) is 36.8 Å². The molecule has 0 aliphatic heterocycles. The summed E-state index contributed by atoms with van der Waals surface area (Å²) < 4.78 is 12.2. The van der Waals surface area contributed by atoms with Crippen molar-refractivity contribution in [3.8, 4) is 23.4 Å². The number of hydrogen-bond donors (Lipinski definition) is 1. The Labute approximate surface area is 178 Å². The number of anilines is 1. The minimum Gasteiger partial charge on any atom is -0.493 e. The Bertz CT molecular complexity index is 1310. The van der Waals surface area contributed by atoms with Crippen LogP contribution in [0.3, 0.4) is 0 Å².